The van der Waals surface area contributed by atoms with Crippen molar-refractivity contribution in [1.82, 2.24) is 5.32 Å². The summed E-state index contributed by atoms with van der Waals surface area (Å²) in [4.78, 5) is 12.8. The van der Waals surface area contributed by atoms with Gasteiger partial charge >= 0.3 is 0 Å². The zero-order valence-electron chi connectivity index (χ0n) is 15.7. The second kappa shape index (κ2) is 7.97. The molecule has 1 aliphatic carbocycles. The SMILES string of the molecule is COCCCNC(=O)c1cccc2c1NC(c1ccccc1)C1CC=CC21. The van der Waals surface area contributed by atoms with Gasteiger partial charge < -0.3 is 15.4 Å². The molecule has 0 spiro atoms. The Morgan fingerprint density at radius 2 is 2.04 bits per heavy atom. The molecule has 2 N–H and O–H groups in total. The molecule has 4 rings (SSSR count). The zero-order valence-corrected chi connectivity index (χ0v) is 15.7. The van der Waals surface area contributed by atoms with Crippen LogP contribution in [-0.4, -0.2) is 26.2 Å². The van der Waals surface area contributed by atoms with Gasteiger partial charge in [0.1, 0.15) is 0 Å². The summed E-state index contributed by atoms with van der Waals surface area (Å²) in [6.45, 7) is 1.26. The van der Waals surface area contributed by atoms with E-state index in [-0.39, 0.29) is 11.9 Å². The molecule has 2 aromatic carbocycles. The summed E-state index contributed by atoms with van der Waals surface area (Å²) in [6, 6.07) is 16.8. The normalized spacial score (nSPS) is 22.6. The molecule has 3 atom stereocenters. The number of allylic oxidation sites excluding steroid dienone is 2. The highest BCUT2D eigenvalue weighted by Crippen LogP contribution is 2.50. The lowest BCUT2D eigenvalue weighted by molar-refractivity contribution is 0.0949. The van der Waals surface area contributed by atoms with Crippen molar-refractivity contribution in [1.29, 1.82) is 0 Å². The summed E-state index contributed by atoms with van der Waals surface area (Å²) in [5, 5.41) is 6.73. The molecule has 27 heavy (non-hydrogen) atoms. The molecule has 0 saturated carbocycles. The van der Waals surface area contributed by atoms with Crippen molar-refractivity contribution < 1.29 is 9.53 Å². The standard InChI is InChI=1S/C23H26N2O2/c1-27-15-7-14-24-23(26)20-13-6-12-19-17-10-5-11-18(17)21(25-22(19)20)16-8-3-2-4-9-16/h2-6,8-10,12-13,17-18,21,25H,7,11,14-15H2,1H3,(H,24,26). The number of anilines is 1. The summed E-state index contributed by atoms with van der Waals surface area (Å²) in [7, 11) is 1.68. The van der Waals surface area contributed by atoms with Crippen LogP contribution in [0.1, 0.15) is 46.3 Å². The smallest absolute Gasteiger partial charge is 0.253 e. The minimum absolute atomic E-state index is 0.0253. The summed E-state index contributed by atoms with van der Waals surface area (Å²) in [5.41, 5.74) is 4.20. The Morgan fingerprint density at radius 1 is 1.19 bits per heavy atom. The number of ether oxygens (including phenoxy) is 1. The van der Waals surface area contributed by atoms with Gasteiger partial charge in [-0.25, -0.2) is 0 Å². The van der Waals surface area contributed by atoms with E-state index in [9.17, 15) is 4.79 Å². The molecule has 0 saturated heterocycles. The molecule has 3 unspecified atom stereocenters. The Hall–Kier alpha value is -2.59. The Bertz CT molecular complexity index is 832. The molecule has 4 heteroatoms. The van der Waals surface area contributed by atoms with Gasteiger partial charge in [0.15, 0.2) is 0 Å². The second-order valence-electron chi connectivity index (χ2n) is 7.26. The fourth-order valence-corrected chi connectivity index (χ4v) is 4.31. The monoisotopic (exact) mass is 362 g/mol. The van der Waals surface area contributed by atoms with Gasteiger partial charge in [0.2, 0.25) is 0 Å². The van der Waals surface area contributed by atoms with E-state index in [1.807, 2.05) is 18.2 Å². The van der Waals surface area contributed by atoms with Gasteiger partial charge in [0, 0.05) is 26.2 Å². The van der Waals surface area contributed by atoms with Gasteiger partial charge in [-0.3, -0.25) is 4.79 Å². The highest BCUT2D eigenvalue weighted by molar-refractivity contribution is 6.00. The van der Waals surface area contributed by atoms with Gasteiger partial charge in [-0.1, -0.05) is 54.6 Å². The molecule has 0 aromatic heterocycles. The van der Waals surface area contributed by atoms with Gasteiger partial charge in [-0.15, -0.1) is 0 Å². The minimum Gasteiger partial charge on any atom is -0.385 e. The van der Waals surface area contributed by atoms with E-state index in [2.05, 4.69) is 53.1 Å². The number of hydrogen-bond acceptors (Lipinski definition) is 3. The van der Waals surface area contributed by atoms with Gasteiger partial charge in [-0.2, -0.15) is 0 Å². The largest absolute Gasteiger partial charge is 0.385 e. The second-order valence-corrected chi connectivity index (χ2v) is 7.26. The third-order valence-corrected chi connectivity index (χ3v) is 5.61. The fraction of sp³-hybridized carbons (Fsp3) is 0.348. The summed E-state index contributed by atoms with van der Waals surface area (Å²) >= 11 is 0. The van der Waals surface area contributed by atoms with Crippen LogP contribution in [-0.2, 0) is 4.74 Å². The van der Waals surface area contributed by atoms with E-state index in [1.165, 1.54) is 11.1 Å². The lowest BCUT2D eigenvalue weighted by Crippen LogP contribution is -2.32. The van der Waals surface area contributed by atoms with Gasteiger partial charge in [0.25, 0.3) is 5.91 Å². The Kier molecular flexibility index (Phi) is 5.26. The van der Waals surface area contributed by atoms with E-state index < -0.39 is 0 Å². The average Bonchev–Trinajstić information content (AvgIpc) is 3.21. The number of para-hydroxylation sites is 1. The van der Waals surface area contributed by atoms with Crippen LogP contribution in [0.25, 0.3) is 0 Å². The predicted molar refractivity (Wildman–Crippen MR) is 108 cm³/mol. The Balaban J connectivity index is 1.64. The molecule has 1 amide bonds. The maximum Gasteiger partial charge on any atom is 0.253 e. The van der Waals surface area contributed by atoms with E-state index in [0.717, 1.165) is 24.1 Å². The lowest BCUT2D eigenvalue weighted by Gasteiger charge is -2.38. The molecule has 2 aromatic rings. The lowest BCUT2D eigenvalue weighted by atomic mass is 9.76. The third kappa shape index (κ3) is 3.50. The van der Waals surface area contributed by atoms with Crippen LogP contribution in [0.3, 0.4) is 0 Å². The minimum atomic E-state index is -0.0253. The quantitative estimate of drug-likeness (QED) is 0.596. The molecular weight excluding hydrogens is 336 g/mol. The van der Waals surface area contributed by atoms with Crippen molar-refractivity contribution in [3.8, 4) is 0 Å². The van der Waals surface area contributed by atoms with E-state index >= 15 is 0 Å². The summed E-state index contributed by atoms with van der Waals surface area (Å²) in [6.07, 6.45) is 6.45. The van der Waals surface area contributed by atoms with Crippen molar-refractivity contribution in [2.24, 2.45) is 5.92 Å². The number of fused-ring (bicyclic) bond motifs is 3. The first-order valence-electron chi connectivity index (χ1n) is 9.68. The van der Waals surface area contributed by atoms with Crippen molar-refractivity contribution in [3.05, 3.63) is 77.4 Å². The van der Waals surface area contributed by atoms with Crippen LogP contribution in [0.4, 0.5) is 5.69 Å². The first-order valence-corrected chi connectivity index (χ1v) is 9.68. The van der Waals surface area contributed by atoms with Gasteiger partial charge in [0.05, 0.1) is 17.3 Å². The Morgan fingerprint density at radius 3 is 2.85 bits per heavy atom. The number of amides is 1. The number of nitrogens with one attached hydrogen (secondary N) is 2. The van der Waals surface area contributed by atoms with Crippen molar-refractivity contribution in [3.63, 3.8) is 0 Å². The number of methoxy groups -OCH3 is 1. The van der Waals surface area contributed by atoms with Crippen molar-refractivity contribution >= 4 is 11.6 Å². The molecule has 4 nitrogen and oxygen atoms in total. The van der Waals surface area contributed by atoms with E-state index in [4.69, 9.17) is 4.74 Å². The third-order valence-electron chi connectivity index (χ3n) is 5.61. The molecule has 1 heterocycles. The van der Waals surface area contributed by atoms with Crippen LogP contribution in [0.15, 0.2) is 60.7 Å². The van der Waals surface area contributed by atoms with Gasteiger partial charge in [-0.05, 0) is 36.0 Å². The average molecular weight is 362 g/mol. The molecule has 0 bridgehead atoms. The fourth-order valence-electron chi connectivity index (χ4n) is 4.31. The first kappa shape index (κ1) is 17.8. The highest BCUT2D eigenvalue weighted by atomic mass is 16.5. The zero-order chi connectivity index (χ0) is 18.6. The van der Waals surface area contributed by atoms with Crippen LogP contribution in [0, 0.1) is 5.92 Å². The molecular formula is C23H26N2O2. The van der Waals surface area contributed by atoms with Crippen LogP contribution >= 0.6 is 0 Å². The number of rotatable bonds is 6. The topological polar surface area (TPSA) is 50.4 Å². The predicted octanol–water partition coefficient (Wildman–Crippen LogP) is 4.28. The number of carbonyl (C=O) groups excluding carboxylic acids is 1. The molecule has 0 radical (unpaired) electrons. The number of carbonyl (C=O) groups is 1. The first-order chi connectivity index (χ1) is 13.3. The van der Waals surface area contributed by atoms with Crippen LogP contribution in [0.2, 0.25) is 0 Å². The number of hydrogen-bond donors (Lipinski definition) is 2. The summed E-state index contributed by atoms with van der Waals surface area (Å²) in [5.74, 6) is 0.815. The van der Waals surface area contributed by atoms with Crippen LogP contribution < -0.4 is 10.6 Å². The number of benzene rings is 2. The molecule has 2 aliphatic rings. The Labute approximate surface area is 160 Å². The summed E-state index contributed by atoms with van der Waals surface area (Å²) < 4.78 is 5.06. The molecule has 140 valence electrons. The maximum absolute atomic E-state index is 12.8. The van der Waals surface area contributed by atoms with Crippen LogP contribution in [0.5, 0.6) is 0 Å². The van der Waals surface area contributed by atoms with Crippen molar-refractivity contribution in [2.75, 3.05) is 25.6 Å². The highest BCUT2D eigenvalue weighted by Gasteiger charge is 2.39. The van der Waals surface area contributed by atoms with Crippen molar-refractivity contribution in [2.45, 2.75) is 24.8 Å². The maximum atomic E-state index is 12.8. The molecule has 1 aliphatic heterocycles. The van der Waals surface area contributed by atoms with E-state index in [1.54, 1.807) is 7.11 Å². The molecule has 0 fully saturated rings. The van der Waals surface area contributed by atoms with E-state index in [0.29, 0.717) is 25.0 Å².